The van der Waals surface area contributed by atoms with Gasteiger partial charge < -0.3 is 15.2 Å². The van der Waals surface area contributed by atoms with Crippen LogP contribution in [0.4, 0.5) is 5.69 Å². The molecule has 0 aliphatic heterocycles. The summed E-state index contributed by atoms with van der Waals surface area (Å²) < 4.78 is 5.93. The fourth-order valence-corrected chi connectivity index (χ4v) is 2.38. The van der Waals surface area contributed by atoms with E-state index in [0.29, 0.717) is 12.2 Å². The number of halogens is 1. The lowest BCUT2D eigenvalue weighted by Gasteiger charge is -2.10. The van der Waals surface area contributed by atoms with Crippen LogP contribution in [0, 0.1) is 0 Å². The zero-order chi connectivity index (χ0) is 15.2. The third-order valence-electron chi connectivity index (χ3n) is 3.08. The highest BCUT2D eigenvalue weighted by Crippen LogP contribution is 2.21. The molecule has 0 saturated carbocycles. The summed E-state index contributed by atoms with van der Waals surface area (Å²) in [6.45, 7) is 0.648. The van der Waals surface area contributed by atoms with Crippen LogP contribution in [0.25, 0.3) is 0 Å². The van der Waals surface area contributed by atoms with Gasteiger partial charge in [-0.25, -0.2) is 4.79 Å². The van der Waals surface area contributed by atoms with Crippen molar-refractivity contribution in [3.8, 4) is 5.75 Å². The molecule has 0 amide bonds. The lowest BCUT2D eigenvalue weighted by atomic mass is 10.1. The Kier molecular flexibility index (Phi) is 5.22. The molecule has 110 valence electrons. The molecule has 0 aliphatic rings. The van der Waals surface area contributed by atoms with Gasteiger partial charge >= 0.3 is 5.97 Å². The number of benzene rings is 2. The van der Waals surface area contributed by atoms with Crippen LogP contribution >= 0.6 is 15.9 Å². The summed E-state index contributed by atoms with van der Waals surface area (Å²) in [5.41, 5.74) is 2.01. The molecule has 0 spiro atoms. The van der Waals surface area contributed by atoms with Crippen molar-refractivity contribution in [2.45, 2.75) is 6.42 Å². The van der Waals surface area contributed by atoms with Gasteiger partial charge in [0.15, 0.2) is 0 Å². The van der Waals surface area contributed by atoms with Crippen molar-refractivity contribution in [3.05, 3.63) is 58.1 Å². The topological polar surface area (TPSA) is 58.6 Å². The standard InChI is InChI=1S/C16H16BrNO3/c1-21-13-4-2-3-11(9-13)7-8-18-15-6-5-12(17)10-14(15)16(19)20/h2-6,9-10,18H,7-8H2,1H3,(H,19,20). The molecule has 2 N–H and O–H groups in total. The Morgan fingerprint density at radius 3 is 2.81 bits per heavy atom. The number of hydrogen-bond donors (Lipinski definition) is 2. The predicted molar refractivity (Wildman–Crippen MR) is 86.3 cm³/mol. The number of nitrogens with one attached hydrogen (secondary N) is 1. The molecule has 0 unspecified atom stereocenters. The Hall–Kier alpha value is -2.01. The van der Waals surface area contributed by atoms with Gasteiger partial charge in [0.2, 0.25) is 0 Å². The summed E-state index contributed by atoms with van der Waals surface area (Å²) >= 11 is 3.28. The lowest BCUT2D eigenvalue weighted by Crippen LogP contribution is -2.09. The maximum Gasteiger partial charge on any atom is 0.337 e. The van der Waals surface area contributed by atoms with Crippen LogP contribution in [-0.2, 0) is 6.42 Å². The van der Waals surface area contributed by atoms with Gasteiger partial charge in [0.05, 0.1) is 12.7 Å². The maximum absolute atomic E-state index is 11.2. The summed E-state index contributed by atoms with van der Waals surface area (Å²) in [5, 5.41) is 12.4. The number of hydrogen-bond acceptors (Lipinski definition) is 3. The van der Waals surface area contributed by atoms with E-state index in [1.165, 1.54) is 0 Å². The molecule has 2 aromatic rings. The quantitative estimate of drug-likeness (QED) is 0.832. The number of methoxy groups -OCH3 is 1. The molecular weight excluding hydrogens is 334 g/mol. The van der Waals surface area contributed by atoms with E-state index in [-0.39, 0.29) is 5.56 Å². The smallest absolute Gasteiger partial charge is 0.337 e. The van der Waals surface area contributed by atoms with E-state index in [1.807, 2.05) is 30.3 Å². The monoisotopic (exact) mass is 349 g/mol. The molecule has 0 aliphatic carbocycles. The fourth-order valence-electron chi connectivity index (χ4n) is 2.02. The molecule has 4 nitrogen and oxygen atoms in total. The Bertz CT molecular complexity index is 643. The third-order valence-corrected chi connectivity index (χ3v) is 3.57. The van der Waals surface area contributed by atoms with Crippen LogP contribution in [0.5, 0.6) is 5.75 Å². The zero-order valence-corrected chi connectivity index (χ0v) is 13.2. The van der Waals surface area contributed by atoms with E-state index in [1.54, 1.807) is 19.2 Å². The molecule has 0 fully saturated rings. The van der Waals surface area contributed by atoms with Crippen molar-refractivity contribution in [2.75, 3.05) is 19.0 Å². The van der Waals surface area contributed by atoms with E-state index in [4.69, 9.17) is 4.74 Å². The third kappa shape index (κ3) is 4.23. The number of carboxylic acid groups (broad SMARTS) is 1. The minimum atomic E-state index is -0.944. The molecule has 5 heteroatoms. The van der Waals surface area contributed by atoms with Crippen molar-refractivity contribution >= 4 is 27.6 Å². The first-order valence-electron chi connectivity index (χ1n) is 6.50. The van der Waals surface area contributed by atoms with Gasteiger partial charge in [-0.2, -0.15) is 0 Å². The molecule has 0 radical (unpaired) electrons. The lowest BCUT2D eigenvalue weighted by molar-refractivity contribution is 0.0698. The van der Waals surface area contributed by atoms with E-state index in [2.05, 4.69) is 21.2 Å². The summed E-state index contributed by atoms with van der Waals surface area (Å²) in [6, 6.07) is 13.0. The normalized spacial score (nSPS) is 10.2. The van der Waals surface area contributed by atoms with Crippen molar-refractivity contribution in [3.63, 3.8) is 0 Å². The molecular formula is C16H16BrNO3. The summed E-state index contributed by atoms with van der Waals surface area (Å²) in [5.74, 6) is -0.123. The average Bonchev–Trinajstić information content (AvgIpc) is 2.48. The second-order valence-electron chi connectivity index (χ2n) is 4.52. The Morgan fingerprint density at radius 1 is 1.29 bits per heavy atom. The molecule has 0 heterocycles. The largest absolute Gasteiger partial charge is 0.497 e. The molecule has 21 heavy (non-hydrogen) atoms. The Labute approximate surface area is 131 Å². The second-order valence-corrected chi connectivity index (χ2v) is 5.44. The SMILES string of the molecule is COc1cccc(CCNc2ccc(Br)cc2C(=O)O)c1. The van der Waals surface area contributed by atoms with Crippen molar-refractivity contribution in [1.82, 2.24) is 0 Å². The van der Waals surface area contributed by atoms with Gasteiger partial charge in [-0.1, -0.05) is 28.1 Å². The number of rotatable bonds is 6. The first-order valence-corrected chi connectivity index (χ1v) is 7.29. The first-order chi connectivity index (χ1) is 10.1. The number of anilines is 1. The van der Waals surface area contributed by atoms with Crippen LogP contribution in [0.15, 0.2) is 46.9 Å². The minimum absolute atomic E-state index is 0.259. The highest BCUT2D eigenvalue weighted by Gasteiger charge is 2.10. The number of aromatic carboxylic acids is 1. The minimum Gasteiger partial charge on any atom is -0.497 e. The van der Waals surface area contributed by atoms with Gasteiger partial charge in [0.1, 0.15) is 5.75 Å². The Balaban J connectivity index is 2.01. The zero-order valence-electron chi connectivity index (χ0n) is 11.6. The van der Waals surface area contributed by atoms with Gasteiger partial charge in [-0.3, -0.25) is 0 Å². The van der Waals surface area contributed by atoms with Crippen LogP contribution in [0.3, 0.4) is 0 Å². The van der Waals surface area contributed by atoms with Crippen LogP contribution in [-0.4, -0.2) is 24.7 Å². The van der Waals surface area contributed by atoms with Crippen LogP contribution in [0.1, 0.15) is 15.9 Å². The molecule has 2 aromatic carbocycles. The number of ether oxygens (including phenoxy) is 1. The second kappa shape index (κ2) is 7.13. The fraction of sp³-hybridized carbons (Fsp3) is 0.188. The molecule has 0 bridgehead atoms. The summed E-state index contributed by atoms with van der Waals surface area (Å²) in [4.78, 5) is 11.2. The van der Waals surface area contributed by atoms with Gasteiger partial charge in [-0.15, -0.1) is 0 Å². The summed E-state index contributed by atoms with van der Waals surface area (Å²) in [6.07, 6.45) is 0.784. The van der Waals surface area contributed by atoms with Gasteiger partial charge in [0, 0.05) is 16.7 Å². The predicted octanol–water partition coefficient (Wildman–Crippen LogP) is 3.81. The van der Waals surface area contributed by atoms with Crippen molar-refractivity contribution < 1.29 is 14.6 Å². The van der Waals surface area contributed by atoms with E-state index in [9.17, 15) is 9.90 Å². The number of carbonyl (C=O) groups is 1. The number of carboxylic acids is 1. The van der Waals surface area contributed by atoms with Gasteiger partial charge in [-0.05, 0) is 42.3 Å². The highest BCUT2D eigenvalue weighted by molar-refractivity contribution is 9.10. The van der Waals surface area contributed by atoms with Crippen molar-refractivity contribution in [1.29, 1.82) is 0 Å². The van der Waals surface area contributed by atoms with Crippen molar-refractivity contribution in [2.24, 2.45) is 0 Å². The molecule has 2 rings (SSSR count). The molecule has 0 atom stereocenters. The van der Waals surface area contributed by atoms with E-state index >= 15 is 0 Å². The Morgan fingerprint density at radius 2 is 2.10 bits per heavy atom. The molecule has 0 saturated heterocycles. The van der Waals surface area contributed by atoms with Crippen LogP contribution < -0.4 is 10.1 Å². The first kappa shape index (κ1) is 15.4. The summed E-state index contributed by atoms with van der Waals surface area (Å²) in [7, 11) is 1.64. The average molecular weight is 350 g/mol. The molecule has 0 aromatic heterocycles. The highest BCUT2D eigenvalue weighted by atomic mass is 79.9. The van der Waals surface area contributed by atoms with Gasteiger partial charge in [0.25, 0.3) is 0 Å². The van der Waals surface area contributed by atoms with E-state index in [0.717, 1.165) is 22.2 Å². The van der Waals surface area contributed by atoms with E-state index < -0.39 is 5.97 Å². The maximum atomic E-state index is 11.2. The van der Waals surface area contributed by atoms with Crippen LogP contribution in [0.2, 0.25) is 0 Å².